The van der Waals surface area contributed by atoms with Gasteiger partial charge in [-0.2, -0.15) is 0 Å². The Morgan fingerprint density at radius 1 is 1.26 bits per heavy atom. The Bertz CT molecular complexity index is 476. The van der Waals surface area contributed by atoms with E-state index in [4.69, 9.17) is 0 Å². The molecule has 19 heavy (non-hydrogen) atoms. The van der Waals surface area contributed by atoms with Gasteiger partial charge in [-0.1, -0.05) is 38.1 Å². The Labute approximate surface area is 115 Å². The van der Waals surface area contributed by atoms with Gasteiger partial charge in [-0.05, 0) is 30.5 Å². The van der Waals surface area contributed by atoms with Crippen molar-refractivity contribution in [3.8, 4) is 0 Å². The maximum Gasteiger partial charge on any atom is 0.107 e. The third kappa shape index (κ3) is 3.67. The van der Waals surface area contributed by atoms with Crippen LogP contribution < -0.4 is 5.32 Å². The predicted molar refractivity (Wildman–Crippen MR) is 79.1 cm³/mol. The lowest BCUT2D eigenvalue weighted by molar-refractivity contribution is 0.517. The molecule has 0 aliphatic carbocycles. The Hall–Kier alpha value is -1.61. The summed E-state index contributed by atoms with van der Waals surface area (Å²) in [6.07, 6.45) is 6.82. The third-order valence-corrected chi connectivity index (χ3v) is 3.40. The molecular weight excluding hydrogens is 234 g/mol. The van der Waals surface area contributed by atoms with Crippen LogP contribution in [0.1, 0.15) is 43.3 Å². The number of imidazole rings is 1. The summed E-state index contributed by atoms with van der Waals surface area (Å²) in [5.41, 5.74) is 2.82. The molecule has 0 fully saturated rings. The minimum Gasteiger partial charge on any atom is -0.349 e. The number of aromatic nitrogens is 2. The van der Waals surface area contributed by atoms with Gasteiger partial charge in [0.1, 0.15) is 5.82 Å². The highest BCUT2D eigenvalue weighted by Crippen LogP contribution is 2.21. The Morgan fingerprint density at radius 3 is 2.79 bits per heavy atom. The quantitative estimate of drug-likeness (QED) is 0.799. The zero-order valence-corrected chi connectivity index (χ0v) is 11.8. The van der Waals surface area contributed by atoms with Gasteiger partial charge >= 0.3 is 0 Å². The van der Waals surface area contributed by atoms with Crippen LogP contribution in [0.4, 0.5) is 0 Å². The van der Waals surface area contributed by atoms with Crippen molar-refractivity contribution in [1.29, 1.82) is 0 Å². The largest absolute Gasteiger partial charge is 0.349 e. The third-order valence-electron chi connectivity index (χ3n) is 3.40. The number of nitrogens with zero attached hydrogens (tertiary/aromatic N) is 1. The molecule has 3 heteroatoms. The van der Waals surface area contributed by atoms with Crippen LogP contribution in [-0.4, -0.2) is 16.5 Å². The lowest BCUT2D eigenvalue weighted by Gasteiger charge is -2.21. The Morgan fingerprint density at radius 2 is 2.11 bits per heavy atom. The van der Waals surface area contributed by atoms with E-state index in [0.29, 0.717) is 6.04 Å². The second-order valence-corrected chi connectivity index (χ2v) is 4.80. The number of aromatic amines is 1. The molecule has 0 aliphatic rings. The smallest absolute Gasteiger partial charge is 0.107 e. The molecule has 0 bridgehead atoms. The average Bonchev–Trinajstić information content (AvgIpc) is 2.96. The summed E-state index contributed by atoms with van der Waals surface area (Å²) in [5.74, 6) is 1.04. The molecule has 1 aromatic carbocycles. The van der Waals surface area contributed by atoms with E-state index in [1.807, 2.05) is 12.4 Å². The van der Waals surface area contributed by atoms with Crippen LogP contribution in [0.25, 0.3) is 0 Å². The molecule has 0 saturated carbocycles. The zero-order valence-electron chi connectivity index (χ0n) is 11.8. The van der Waals surface area contributed by atoms with Crippen LogP contribution in [0.15, 0.2) is 36.7 Å². The van der Waals surface area contributed by atoms with E-state index in [1.165, 1.54) is 11.1 Å². The van der Waals surface area contributed by atoms with Gasteiger partial charge in [-0.15, -0.1) is 0 Å². The number of hydrogen-bond acceptors (Lipinski definition) is 2. The minimum atomic E-state index is 0.335. The number of aryl methyl sites for hydroxylation is 1. The predicted octanol–water partition coefficient (Wildman–Crippen LogP) is 3.26. The SMILES string of the molecule is CCCNC(Cc1ncc[nH]1)c1ccccc1CC. The van der Waals surface area contributed by atoms with E-state index in [0.717, 1.165) is 31.6 Å². The first-order valence-corrected chi connectivity index (χ1v) is 7.14. The van der Waals surface area contributed by atoms with Crippen molar-refractivity contribution in [3.63, 3.8) is 0 Å². The van der Waals surface area contributed by atoms with Crippen LogP contribution in [0.3, 0.4) is 0 Å². The van der Waals surface area contributed by atoms with Crippen LogP contribution >= 0.6 is 0 Å². The summed E-state index contributed by atoms with van der Waals surface area (Å²) in [6, 6.07) is 9.03. The Kier molecular flexibility index (Phi) is 5.16. The first-order valence-electron chi connectivity index (χ1n) is 7.14. The highest BCUT2D eigenvalue weighted by molar-refractivity contribution is 5.30. The second kappa shape index (κ2) is 7.10. The fraction of sp³-hybridized carbons (Fsp3) is 0.438. The van der Waals surface area contributed by atoms with Crippen LogP contribution in [0, 0.1) is 0 Å². The molecular formula is C16H23N3. The molecule has 2 rings (SSSR count). The van der Waals surface area contributed by atoms with Crippen LogP contribution in [0.2, 0.25) is 0 Å². The van der Waals surface area contributed by atoms with E-state index in [2.05, 4.69) is 53.4 Å². The summed E-state index contributed by atoms with van der Waals surface area (Å²) >= 11 is 0. The molecule has 0 amide bonds. The normalized spacial score (nSPS) is 12.5. The van der Waals surface area contributed by atoms with Gasteiger partial charge in [-0.25, -0.2) is 4.98 Å². The molecule has 1 unspecified atom stereocenters. The van der Waals surface area contributed by atoms with Gasteiger partial charge in [0.2, 0.25) is 0 Å². The summed E-state index contributed by atoms with van der Waals surface area (Å²) in [6.45, 7) is 5.44. The van der Waals surface area contributed by atoms with Crippen molar-refractivity contribution >= 4 is 0 Å². The molecule has 0 radical (unpaired) electrons. The van der Waals surface area contributed by atoms with Crippen molar-refractivity contribution in [1.82, 2.24) is 15.3 Å². The van der Waals surface area contributed by atoms with Gasteiger partial charge < -0.3 is 10.3 Å². The second-order valence-electron chi connectivity index (χ2n) is 4.80. The fourth-order valence-electron chi connectivity index (χ4n) is 2.41. The van der Waals surface area contributed by atoms with Crippen molar-refractivity contribution in [2.75, 3.05) is 6.54 Å². The van der Waals surface area contributed by atoms with Gasteiger partial charge in [0.25, 0.3) is 0 Å². The summed E-state index contributed by atoms with van der Waals surface area (Å²) in [5, 5.41) is 3.64. The van der Waals surface area contributed by atoms with E-state index in [-0.39, 0.29) is 0 Å². The van der Waals surface area contributed by atoms with Crippen molar-refractivity contribution in [2.24, 2.45) is 0 Å². The summed E-state index contributed by atoms with van der Waals surface area (Å²) in [4.78, 5) is 7.55. The first kappa shape index (κ1) is 13.8. The van der Waals surface area contributed by atoms with E-state index < -0.39 is 0 Å². The molecule has 1 aromatic heterocycles. The van der Waals surface area contributed by atoms with Crippen molar-refractivity contribution in [2.45, 2.75) is 39.2 Å². The first-order chi connectivity index (χ1) is 9.35. The van der Waals surface area contributed by atoms with Gasteiger partial charge in [0, 0.05) is 24.9 Å². The monoisotopic (exact) mass is 257 g/mol. The minimum absolute atomic E-state index is 0.335. The number of H-pyrrole nitrogens is 1. The topological polar surface area (TPSA) is 40.7 Å². The van der Waals surface area contributed by atoms with E-state index in [9.17, 15) is 0 Å². The van der Waals surface area contributed by atoms with Crippen LogP contribution in [0.5, 0.6) is 0 Å². The van der Waals surface area contributed by atoms with Crippen molar-refractivity contribution in [3.05, 3.63) is 53.6 Å². The molecule has 1 heterocycles. The number of nitrogens with one attached hydrogen (secondary N) is 2. The Balaban J connectivity index is 2.20. The molecule has 0 aliphatic heterocycles. The van der Waals surface area contributed by atoms with Crippen molar-refractivity contribution < 1.29 is 0 Å². The standard InChI is InChI=1S/C16H23N3/c1-3-9-17-15(12-16-18-10-11-19-16)14-8-6-5-7-13(14)4-2/h5-8,10-11,15,17H,3-4,9,12H2,1-2H3,(H,18,19). The molecule has 2 N–H and O–H groups in total. The summed E-state index contributed by atoms with van der Waals surface area (Å²) in [7, 11) is 0. The highest BCUT2D eigenvalue weighted by atomic mass is 14.9. The maximum atomic E-state index is 4.35. The maximum absolute atomic E-state index is 4.35. The fourth-order valence-corrected chi connectivity index (χ4v) is 2.41. The van der Waals surface area contributed by atoms with Crippen LogP contribution in [-0.2, 0) is 12.8 Å². The molecule has 0 spiro atoms. The summed E-state index contributed by atoms with van der Waals surface area (Å²) < 4.78 is 0. The lowest BCUT2D eigenvalue weighted by atomic mass is 9.96. The lowest BCUT2D eigenvalue weighted by Crippen LogP contribution is -2.25. The number of hydrogen-bond donors (Lipinski definition) is 2. The molecule has 102 valence electrons. The molecule has 1 atom stereocenters. The van der Waals surface area contributed by atoms with Gasteiger partial charge in [0.05, 0.1) is 0 Å². The van der Waals surface area contributed by atoms with E-state index in [1.54, 1.807) is 0 Å². The van der Waals surface area contributed by atoms with E-state index >= 15 is 0 Å². The zero-order chi connectivity index (χ0) is 13.5. The molecule has 0 saturated heterocycles. The number of rotatable bonds is 7. The number of benzene rings is 1. The highest BCUT2D eigenvalue weighted by Gasteiger charge is 2.15. The molecule has 2 aromatic rings. The van der Waals surface area contributed by atoms with Gasteiger partial charge in [-0.3, -0.25) is 0 Å². The molecule has 3 nitrogen and oxygen atoms in total. The van der Waals surface area contributed by atoms with Gasteiger partial charge in [0.15, 0.2) is 0 Å². The average molecular weight is 257 g/mol.